The summed E-state index contributed by atoms with van der Waals surface area (Å²) >= 11 is 0. The SMILES string of the molecule is CC1Cc2cc(-c3ccc(CNC(=O)C4CCNCC4)cc3)ccc2O1.Cl. The molecule has 2 aromatic carbocycles. The van der Waals surface area contributed by atoms with E-state index in [2.05, 4.69) is 60.0 Å². The summed E-state index contributed by atoms with van der Waals surface area (Å²) in [4.78, 5) is 12.2. The number of piperidine rings is 1. The number of hydrogen-bond donors (Lipinski definition) is 2. The van der Waals surface area contributed by atoms with Gasteiger partial charge in [-0.3, -0.25) is 4.79 Å². The minimum Gasteiger partial charge on any atom is -0.490 e. The van der Waals surface area contributed by atoms with Crippen molar-refractivity contribution < 1.29 is 9.53 Å². The maximum absolute atomic E-state index is 12.2. The fourth-order valence-electron chi connectivity index (χ4n) is 3.83. The largest absolute Gasteiger partial charge is 0.490 e. The van der Waals surface area contributed by atoms with E-state index in [1.54, 1.807) is 0 Å². The molecule has 2 heterocycles. The van der Waals surface area contributed by atoms with E-state index >= 15 is 0 Å². The molecule has 0 aromatic heterocycles. The first-order valence-electron chi connectivity index (χ1n) is 9.56. The Labute approximate surface area is 167 Å². The smallest absolute Gasteiger partial charge is 0.223 e. The molecule has 0 spiro atoms. The van der Waals surface area contributed by atoms with E-state index in [0.717, 1.165) is 43.7 Å². The van der Waals surface area contributed by atoms with Crippen LogP contribution in [0.3, 0.4) is 0 Å². The molecule has 1 saturated heterocycles. The first-order valence-corrected chi connectivity index (χ1v) is 9.56. The van der Waals surface area contributed by atoms with Gasteiger partial charge in [0.15, 0.2) is 0 Å². The highest BCUT2D eigenvalue weighted by atomic mass is 35.5. The molecule has 4 rings (SSSR count). The Balaban J connectivity index is 0.00000210. The summed E-state index contributed by atoms with van der Waals surface area (Å²) in [6, 6.07) is 14.9. The Hall–Kier alpha value is -2.04. The van der Waals surface area contributed by atoms with E-state index in [0.29, 0.717) is 6.54 Å². The Bertz CT molecular complexity index is 785. The van der Waals surface area contributed by atoms with Gasteiger partial charge in [-0.25, -0.2) is 0 Å². The monoisotopic (exact) mass is 386 g/mol. The first kappa shape index (κ1) is 19.7. The summed E-state index contributed by atoms with van der Waals surface area (Å²) in [5.74, 6) is 1.35. The molecule has 1 amide bonds. The van der Waals surface area contributed by atoms with Gasteiger partial charge in [-0.1, -0.05) is 30.3 Å². The van der Waals surface area contributed by atoms with Crippen LogP contribution >= 0.6 is 12.4 Å². The molecular formula is C22H27ClN2O2. The zero-order valence-electron chi connectivity index (χ0n) is 15.7. The topological polar surface area (TPSA) is 50.4 Å². The lowest BCUT2D eigenvalue weighted by Gasteiger charge is -2.21. The number of hydrogen-bond acceptors (Lipinski definition) is 3. The van der Waals surface area contributed by atoms with E-state index in [-0.39, 0.29) is 30.3 Å². The Morgan fingerprint density at radius 3 is 2.56 bits per heavy atom. The zero-order valence-corrected chi connectivity index (χ0v) is 16.5. The fraction of sp³-hybridized carbons (Fsp3) is 0.409. The second-order valence-corrected chi connectivity index (χ2v) is 7.39. The molecule has 1 atom stereocenters. The first-order chi connectivity index (χ1) is 12.7. The number of ether oxygens (including phenoxy) is 1. The lowest BCUT2D eigenvalue weighted by atomic mass is 9.97. The normalized spacial score (nSPS) is 18.9. The van der Waals surface area contributed by atoms with E-state index in [1.165, 1.54) is 16.7 Å². The summed E-state index contributed by atoms with van der Waals surface area (Å²) in [6.07, 6.45) is 3.12. The molecule has 4 nitrogen and oxygen atoms in total. The molecule has 1 fully saturated rings. The summed E-state index contributed by atoms with van der Waals surface area (Å²) < 4.78 is 5.78. The van der Waals surface area contributed by atoms with Gasteiger partial charge in [0.2, 0.25) is 5.91 Å². The summed E-state index contributed by atoms with van der Waals surface area (Å²) in [7, 11) is 0. The average Bonchev–Trinajstić information content (AvgIpc) is 3.06. The number of carbonyl (C=O) groups is 1. The van der Waals surface area contributed by atoms with Crippen LogP contribution in [0.2, 0.25) is 0 Å². The Kier molecular flexibility index (Phi) is 6.40. The third-order valence-corrected chi connectivity index (χ3v) is 5.36. The average molecular weight is 387 g/mol. The van der Waals surface area contributed by atoms with Crippen molar-refractivity contribution in [1.29, 1.82) is 0 Å². The van der Waals surface area contributed by atoms with Gasteiger partial charge in [0.1, 0.15) is 11.9 Å². The van der Waals surface area contributed by atoms with Crippen molar-refractivity contribution in [2.24, 2.45) is 5.92 Å². The Morgan fingerprint density at radius 1 is 1.11 bits per heavy atom. The summed E-state index contributed by atoms with van der Waals surface area (Å²) in [5, 5.41) is 6.38. The quantitative estimate of drug-likeness (QED) is 0.842. The predicted octanol–water partition coefficient (Wildman–Crippen LogP) is 3.71. The van der Waals surface area contributed by atoms with Crippen LogP contribution in [0, 0.1) is 5.92 Å². The second kappa shape index (κ2) is 8.77. The highest BCUT2D eigenvalue weighted by molar-refractivity contribution is 5.85. The van der Waals surface area contributed by atoms with Crippen LogP contribution in [0.15, 0.2) is 42.5 Å². The number of carbonyl (C=O) groups excluding carboxylic acids is 1. The van der Waals surface area contributed by atoms with Gasteiger partial charge in [0.05, 0.1) is 0 Å². The molecular weight excluding hydrogens is 360 g/mol. The zero-order chi connectivity index (χ0) is 17.9. The minimum atomic E-state index is 0. The number of rotatable bonds is 4. The van der Waals surface area contributed by atoms with Gasteiger partial charge in [0.25, 0.3) is 0 Å². The molecule has 0 aliphatic carbocycles. The van der Waals surface area contributed by atoms with Crippen LogP contribution in [-0.4, -0.2) is 25.1 Å². The van der Waals surface area contributed by atoms with Crippen molar-refractivity contribution in [3.8, 4) is 16.9 Å². The minimum absolute atomic E-state index is 0. The van der Waals surface area contributed by atoms with Crippen molar-refractivity contribution in [1.82, 2.24) is 10.6 Å². The van der Waals surface area contributed by atoms with Crippen LogP contribution in [0.25, 0.3) is 11.1 Å². The molecule has 0 saturated carbocycles. The lowest BCUT2D eigenvalue weighted by Crippen LogP contribution is -2.37. The summed E-state index contributed by atoms with van der Waals surface area (Å²) in [5.41, 5.74) is 4.83. The van der Waals surface area contributed by atoms with Crippen LogP contribution in [0.4, 0.5) is 0 Å². The van der Waals surface area contributed by atoms with Gasteiger partial charge in [-0.2, -0.15) is 0 Å². The number of nitrogens with one attached hydrogen (secondary N) is 2. The van der Waals surface area contributed by atoms with Crippen molar-refractivity contribution in [2.75, 3.05) is 13.1 Å². The molecule has 0 radical (unpaired) electrons. The van der Waals surface area contributed by atoms with Gasteiger partial charge in [0, 0.05) is 18.9 Å². The predicted molar refractivity (Wildman–Crippen MR) is 110 cm³/mol. The van der Waals surface area contributed by atoms with Crippen molar-refractivity contribution in [2.45, 2.75) is 38.8 Å². The van der Waals surface area contributed by atoms with E-state index in [9.17, 15) is 4.79 Å². The number of fused-ring (bicyclic) bond motifs is 1. The highest BCUT2D eigenvalue weighted by Gasteiger charge is 2.21. The number of halogens is 1. The van der Waals surface area contributed by atoms with Crippen LogP contribution in [0.1, 0.15) is 30.9 Å². The van der Waals surface area contributed by atoms with Crippen LogP contribution < -0.4 is 15.4 Å². The standard InChI is InChI=1S/C22H26N2O2.ClH/c1-15-12-20-13-19(6-7-21(20)26-15)17-4-2-16(3-5-17)14-24-22(25)18-8-10-23-11-9-18;/h2-7,13,15,18,23H,8-12,14H2,1H3,(H,24,25);1H. The van der Waals surface area contributed by atoms with Crippen molar-refractivity contribution >= 4 is 18.3 Å². The van der Waals surface area contributed by atoms with Crippen molar-refractivity contribution in [3.63, 3.8) is 0 Å². The molecule has 2 aromatic rings. The molecule has 2 aliphatic rings. The molecule has 2 aliphatic heterocycles. The third-order valence-electron chi connectivity index (χ3n) is 5.36. The van der Waals surface area contributed by atoms with Crippen molar-refractivity contribution in [3.05, 3.63) is 53.6 Å². The molecule has 0 bridgehead atoms. The molecule has 144 valence electrons. The maximum atomic E-state index is 12.2. The van der Waals surface area contributed by atoms with Gasteiger partial charge < -0.3 is 15.4 Å². The van der Waals surface area contributed by atoms with E-state index in [1.807, 2.05) is 0 Å². The molecule has 5 heteroatoms. The van der Waals surface area contributed by atoms with E-state index in [4.69, 9.17) is 4.74 Å². The maximum Gasteiger partial charge on any atom is 0.223 e. The highest BCUT2D eigenvalue weighted by Crippen LogP contribution is 2.32. The molecule has 27 heavy (non-hydrogen) atoms. The van der Waals surface area contributed by atoms with Crippen LogP contribution in [0.5, 0.6) is 5.75 Å². The number of benzene rings is 2. The van der Waals surface area contributed by atoms with Crippen LogP contribution in [-0.2, 0) is 17.8 Å². The summed E-state index contributed by atoms with van der Waals surface area (Å²) in [6.45, 7) is 4.58. The van der Waals surface area contributed by atoms with Gasteiger partial charge in [-0.15, -0.1) is 12.4 Å². The number of amides is 1. The third kappa shape index (κ3) is 4.63. The van der Waals surface area contributed by atoms with E-state index < -0.39 is 0 Å². The molecule has 1 unspecified atom stereocenters. The lowest BCUT2D eigenvalue weighted by molar-refractivity contribution is -0.125. The Morgan fingerprint density at radius 2 is 1.81 bits per heavy atom. The molecule has 2 N–H and O–H groups in total. The van der Waals surface area contributed by atoms with Gasteiger partial charge in [-0.05, 0) is 67.2 Å². The van der Waals surface area contributed by atoms with Gasteiger partial charge >= 0.3 is 0 Å². The second-order valence-electron chi connectivity index (χ2n) is 7.39. The fourth-order valence-corrected chi connectivity index (χ4v) is 3.83.